The van der Waals surface area contributed by atoms with Gasteiger partial charge in [-0.05, 0) is 24.6 Å². The predicted octanol–water partition coefficient (Wildman–Crippen LogP) is 2.35. The summed E-state index contributed by atoms with van der Waals surface area (Å²) in [4.78, 5) is 12.5. The summed E-state index contributed by atoms with van der Waals surface area (Å²) in [5.41, 5.74) is 0.761. The molecular weight excluding hydrogens is 330 g/mol. The number of rotatable bonds is 7. The van der Waals surface area contributed by atoms with Crippen LogP contribution in [0.1, 0.15) is 12.2 Å². The molecule has 0 saturated heterocycles. The molecule has 0 fully saturated rings. The van der Waals surface area contributed by atoms with E-state index in [1.165, 1.54) is 6.33 Å². The van der Waals surface area contributed by atoms with E-state index in [4.69, 9.17) is 21.4 Å². The molecule has 124 valence electrons. The van der Waals surface area contributed by atoms with E-state index in [2.05, 4.69) is 20.1 Å². The van der Waals surface area contributed by atoms with Gasteiger partial charge in [-0.2, -0.15) is 5.10 Å². The number of benzene rings is 1. The van der Waals surface area contributed by atoms with Crippen LogP contribution >= 0.6 is 11.6 Å². The first-order valence-electron chi connectivity index (χ1n) is 7.44. The van der Waals surface area contributed by atoms with Crippen molar-refractivity contribution in [2.45, 2.75) is 19.6 Å². The average Bonchev–Trinajstić information content (AvgIpc) is 3.02. The molecular formula is C16H16ClN5O2. The molecule has 24 heavy (non-hydrogen) atoms. The molecule has 0 aliphatic rings. The smallest absolute Gasteiger partial charge is 0.188 e. The van der Waals surface area contributed by atoms with Gasteiger partial charge in [0.25, 0.3) is 0 Å². The topological polar surface area (TPSA) is 86.0 Å². The fourth-order valence-corrected chi connectivity index (χ4v) is 2.34. The highest BCUT2D eigenvalue weighted by atomic mass is 35.5. The first-order chi connectivity index (χ1) is 11.8. The van der Waals surface area contributed by atoms with Crippen molar-refractivity contribution in [1.29, 1.82) is 0 Å². The maximum Gasteiger partial charge on any atom is 0.188 e. The van der Waals surface area contributed by atoms with Gasteiger partial charge in [0.2, 0.25) is 0 Å². The van der Waals surface area contributed by atoms with Crippen molar-refractivity contribution in [3.63, 3.8) is 0 Å². The van der Waals surface area contributed by atoms with E-state index in [-0.39, 0.29) is 13.2 Å². The number of hydrogen-bond acceptors (Lipinski definition) is 6. The van der Waals surface area contributed by atoms with Gasteiger partial charge >= 0.3 is 0 Å². The zero-order chi connectivity index (χ0) is 16.8. The molecule has 0 saturated carbocycles. The Balaban J connectivity index is 1.79. The number of halogens is 1. The third-order valence-corrected chi connectivity index (χ3v) is 3.46. The third kappa shape index (κ3) is 4.06. The SMILES string of the molecule is OCCCn1nc(COc2cccc(Cl)c2)nc1-c1cncnc1. The Kier molecular flexibility index (Phi) is 5.35. The summed E-state index contributed by atoms with van der Waals surface area (Å²) in [5.74, 6) is 1.83. The minimum Gasteiger partial charge on any atom is -0.485 e. The van der Waals surface area contributed by atoms with Crippen LogP contribution in [0.3, 0.4) is 0 Å². The molecule has 0 radical (unpaired) electrons. The van der Waals surface area contributed by atoms with Crippen LogP contribution in [0.2, 0.25) is 5.02 Å². The largest absolute Gasteiger partial charge is 0.485 e. The Hall–Kier alpha value is -2.51. The lowest BCUT2D eigenvalue weighted by Crippen LogP contribution is -2.05. The minimum atomic E-state index is 0.0823. The summed E-state index contributed by atoms with van der Waals surface area (Å²) in [5, 5.41) is 14.1. The van der Waals surface area contributed by atoms with Crippen molar-refractivity contribution in [3.05, 3.63) is 53.8 Å². The van der Waals surface area contributed by atoms with Crippen LogP contribution in [-0.4, -0.2) is 36.4 Å². The van der Waals surface area contributed by atoms with Crippen LogP contribution < -0.4 is 4.74 Å². The first-order valence-corrected chi connectivity index (χ1v) is 7.82. The Morgan fingerprint density at radius 1 is 1.21 bits per heavy atom. The van der Waals surface area contributed by atoms with Crippen LogP contribution in [0, 0.1) is 0 Å². The quantitative estimate of drug-likeness (QED) is 0.707. The Labute approximate surface area is 143 Å². The van der Waals surface area contributed by atoms with Crippen molar-refractivity contribution >= 4 is 11.6 Å². The van der Waals surface area contributed by atoms with Crippen molar-refractivity contribution < 1.29 is 9.84 Å². The van der Waals surface area contributed by atoms with Gasteiger partial charge in [-0.1, -0.05) is 17.7 Å². The van der Waals surface area contributed by atoms with E-state index in [9.17, 15) is 0 Å². The molecule has 2 aromatic heterocycles. The van der Waals surface area contributed by atoms with E-state index in [0.29, 0.717) is 35.4 Å². The van der Waals surface area contributed by atoms with Crippen LogP contribution in [0.25, 0.3) is 11.4 Å². The normalized spacial score (nSPS) is 10.8. The van der Waals surface area contributed by atoms with E-state index in [0.717, 1.165) is 5.56 Å². The summed E-state index contributed by atoms with van der Waals surface area (Å²) < 4.78 is 7.41. The van der Waals surface area contributed by atoms with Crippen molar-refractivity contribution in [3.8, 4) is 17.1 Å². The third-order valence-electron chi connectivity index (χ3n) is 3.23. The molecule has 0 atom stereocenters. The van der Waals surface area contributed by atoms with E-state index >= 15 is 0 Å². The molecule has 2 heterocycles. The highest BCUT2D eigenvalue weighted by molar-refractivity contribution is 6.30. The number of aliphatic hydroxyl groups excluding tert-OH is 1. The highest BCUT2D eigenvalue weighted by Gasteiger charge is 2.13. The molecule has 0 unspecified atom stereocenters. The highest BCUT2D eigenvalue weighted by Crippen LogP contribution is 2.19. The molecule has 1 aromatic carbocycles. The van der Waals surface area contributed by atoms with Gasteiger partial charge in [-0.25, -0.2) is 19.6 Å². The Bertz CT molecular complexity index is 794. The summed E-state index contributed by atoms with van der Waals surface area (Å²) in [6.07, 6.45) is 5.39. The van der Waals surface area contributed by atoms with E-state index < -0.39 is 0 Å². The summed E-state index contributed by atoms with van der Waals surface area (Å²) in [6, 6.07) is 7.15. The fraction of sp³-hybridized carbons (Fsp3) is 0.250. The van der Waals surface area contributed by atoms with Gasteiger partial charge in [-0.15, -0.1) is 0 Å². The van der Waals surface area contributed by atoms with Gasteiger partial charge < -0.3 is 9.84 Å². The Morgan fingerprint density at radius 3 is 2.79 bits per heavy atom. The second-order valence-corrected chi connectivity index (χ2v) is 5.46. The number of nitrogens with zero attached hydrogens (tertiary/aromatic N) is 5. The maximum atomic E-state index is 9.05. The lowest BCUT2D eigenvalue weighted by atomic mass is 10.3. The number of aromatic nitrogens is 5. The maximum absolute atomic E-state index is 9.05. The molecule has 3 aromatic rings. The second-order valence-electron chi connectivity index (χ2n) is 5.03. The molecule has 0 aliphatic carbocycles. The first kappa shape index (κ1) is 16.4. The molecule has 0 bridgehead atoms. The lowest BCUT2D eigenvalue weighted by molar-refractivity contribution is 0.275. The predicted molar refractivity (Wildman–Crippen MR) is 88.5 cm³/mol. The van der Waals surface area contributed by atoms with Crippen LogP contribution in [-0.2, 0) is 13.2 Å². The van der Waals surface area contributed by atoms with Crippen molar-refractivity contribution in [1.82, 2.24) is 24.7 Å². The number of hydrogen-bond donors (Lipinski definition) is 1. The number of ether oxygens (including phenoxy) is 1. The second kappa shape index (κ2) is 7.85. The standard InChI is InChI=1S/C16H16ClN5O2/c17-13-3-1-4-14(7-13)24-10-15-20-16(12-8-18-11-19-9-12)22(21-15)5-2-6-23/h1,3-4,7-9,11,23H,2,5-6,10H2. The monoisotopic (exact) mass is 345 g/mol. The zero-order valence-electron chi connectivity index (χ0n) is 12.8. The zero-order valence-corrected chi connectivity index (χ0v) is 13.6. The number of aryl methyl sites for hydroxylation is 1. The number of aliphatic hydroxyl groups is 1. The minimum absolute atomic E-state index is 0.0823. The average molecular weight is 346 g/mol. The molecule has 7 nitrogen and oxygen atoms in total. The van der Waals surface area contributed by atoms with Crippen molar-refractivity contribution in [2.24, 2.45) is 0 Å². The van der Waals surface area contributed by atoms with E-state index in [1.807, 2.05) is 12.1 Å². The van der Waals surface area contributed by atoms with Gasteiger partial charge in [0.15, 0.2) is 11.6 Å². The van der Waals surface area contributed by atoms with Gasteiger partial charge in [-0.3, -0.25) is 0 Å². The summed E-state index contributed by atoms with van der Waals surface area (Å²) >= 11 is 5.94. The fourth-order valence-electron chi connectivity index (χ4n) is 2.16. The van der Waals surface area contributed by atoms with Gasteiger partial charge in [0, 0.05) is 30.6 Å². The van der Waals surface area contributed by atoms with Gasteiger partial charge in [0.1, 0.15) is 18.7 Å². The van der Waals surface area contributed by atoms with Gasteiger partial charge in [0.05, 0.1) is 5.56 Å². The van der Waals surface area contributed by atoms with Crippen molar-refractivity contribution in [2.75, 3.05) is 6.61 Å². The molecule has 3 rings (SSSR count). The summed E-state index contributed by atoms with van der Waals surface area (Å²) in [7, 11) is 0. The van der Waals surface area contributed by atoms with Crippen LogP contribution in [0.15, 0.2) is 43.0 Å². The molecule has 0 aliphatic heterocycles. The van der Waals surface area contributed by atoms with E-state index in [1.54, 1.807) is 29.2 Å². The summed E-state index contributed by atoms with van der Waals surface area (Å²) in [6.45, 7) is 0.844. The molecule has 0 amide bonds. The molecule has 1 N–H and O–H groups in total. The lowest BCUT2D eigenvalue weighted by Gasteiger charge is -2.03. The molecule has 0 spiro atoms. The molecule has 8 heteroatoms. The Morgan fingerprint density at radius 2 is 2.04 bits per heavy atom. The van der Waals surface area contributed by atoms with Crippen LogP contribution in [0.5, 0.6) is 5.75 Å². The van der Waals surface area contributed by atoms with Crippen LogP contribution in [0.4, 0.5) is 0 Å².